The normalized spacial score (nSPS) is 13.8. The number of fused-ring (bicyclic) bond motifs is 3. The van der Waals surface area contributed by atoms with E-state index < -0.39 is 29.6 Å². The summed E-state index contributed by atoms with van der Waals surface area (Å²) < 4.78 is 5.48. The van der Waals surface area contributed by atoms with Crippen LogP contribution in [0.4, 0.5) is 4.79 Å². The Morgan fingerprint density at radius 1 is 1.00 bits per heavy atom. The summed E-state index contributed by atoms with van der Waals surface area (Å²) in [6.45, 7) is 6.53. The second-order valence-electron chi connectivity index (χ2n) is 8.61. The van der Waals surface area contributed by atoms with Gasteiger partial charge in [-0.1, -0.05) is 62.4 Å². The molecule has 1 aliphatic rings. The Bertz CT molecular complexity index is 953. The first-order valence-corrected chi connectivity index (χ1v) is 10.3. The molecule has 0 aliphatic heterocycles. The number of ether oxygens (including phenoxy) is 1. The molecule has 164 valence electrons. The first kappa shape index (κ1) is 22.3. The number of alkyl carbamates (subject to hydrolysis) is 1. The number of rotatable bonds is 7. The number of carbonyl (C=O) groups excluding carboxylic acids is 2. The van der Waals surface area contributed by atoms with Crippen LogP contribution in [0.15, 0.2) is 48.5 Å². The van der Waals surface area contributed by atoms with Gasteiger partial charge in [0.25, 0.3) is 0 Å². The first-order valence-electron chi connectivity index (χ1n) is 10.3. The van der Waals surface area contributed by atoms with Crippen LogP contribution in [-0.4, -0.2) is 41.3 Å². The monoisotopic (exact) mass is 424 g/mol. The van der Waals surface area contributed by atoms with Crippen molar-refractivity contribution in [2.24, 2.45) is 5.92 Å². The predicted molar refractivity (Wildman–Crippen MR) is 117 cm³/mol. The highest BCUT2D eigenvalue weighted by Gasteiger charge is 2.35. The van der Waals surface area contributed by atoms with E-state index in [0.29, 0.717) is 0 Å². The summed E-state index contributed by atoms with van der Waals surface area (Å²) in [5, 5.41) is 14.3. The first-order chi connectivity index (χ1) is 14.6. The third-order valence-corrected chi connectivity index (χ3v) is 5.55. The van der Waals surface area contributed by atoms with Crippen LogP contribution in [0, 0.1) is 5.92 Å². The highest BCUT2D eigenvalue weighted by molar-refractivity contribution is 5.92. The van der Waals surface area contributed by atoms with Crippen molar-refractivity contribution in [3.63, 3.8) is 0 Å². The Morgan fingerprint density at radius 3 is 2.00 bits per heavy atom. The molecule has 2 aromatic carbocycles. The van der Waals surface area contributed by atoms with Crippen LogP contribution in [-0.2, 0) is 14.3 Å². The number of benzene rings is 2. The quantitative estimate of drug-likeness (QED) is 0.631. The van der Waals surface area contributed by atoms with Crippen LogP contribution >= 0.6 is 0 Å². The number of hydrogen-bond donors (Lipinski definition) is 3. The van der Waals surface area contributed by atoms with Crippen LogP contribution in [0.3, 0.4) is 0 Å². The number of amides is 2. The molecule has 0 saturated carbocycles. The summed E-state index contributed by atoms with van der Waals surface area (Å²) in [5.74, 6) is -2.11. The van der Waals surface area contributed by atoms with E-state index in [9.17, 15) is 19.5 Å². The molecule has 1 atom stereocenters. The Morgan fingerprint density at radius 2 is 1.52 bits per heavy atom. The molecular weight excluding hydrogens is 396 g/mol. The summed E-state index contributed by atoms with van der Waals surface area (Å²) >= 11 is 0. The molecule has 3 rings (SSSR count). The number of carboxylic acid groups (broad SMARTS) is 1. The van der Waals surface area contributed by atoms with Gasteiger partial charge < -0.3 is 20.5 Å². The lowest BCUT2D eigenvalue weighted by atomic mass is 9.98. The van der Waals surface area contributed by atoms with Gasteiger partial charge in [0.05, 0.1) is 0 Å². The zero-order valence-corrected chi connectivity index (χ0v) is 18.1. The Balaban J connectivity index is 1.65. The topological polar surface area (TPSA) is 105 Å². The van der Waals surface area contributed by atoms with Gasteiger partial charge in [0.15, 0.2) is 0 Å². The molecule has 31 heavy (non-hydrogen) atoms. The lowest BCUT2D eigenvalue weighted by molar-refractivity contribution is -0.144. The fraction of sp³-hybridized carbons (Fsp3) is 0.375. The van der Waals surface area contributed by atoms with Crippen LogP contribution in [0.25, 0.3) is 11.1 Å². The third-order valence-electron chi connectivity index (χ3n) is 5.55. The van der Waals surface area contributed by atoms with Gasteiger partial charge in [-0.05, 0) is 42.0 Å². The number of aliphatic carboxylic acids is 1. The van der Waals surface area contributed by atoms with Gasteiger partial charge in [0, 0.05) is 5.92 Å². The summed E-state index contributed by atoms with van der Waals surface area (Å²) in [6, 6.07) is 15.0. The van der Waals surface area contributed by atoms with Crippen LogP contribution in [0.2, 0.25) is 0 Å². The van der Waals surface area contributed by atoms with Crippen molar-refractivity contribution in [1.29, 1.82) is 0 Å². The second kappa shape index (κ2) is 8.79. The van der Waals surface area contributed by atoms with Crippen molar-refractivity contribution in [1.82, 2.24) is 10.6 Å². The minimum absolute atomic E-state index is 0.0904. The van der Waals surface area contributed by atoms with Crippen molar-refractivity contribution in [2.75, 3.05) is 6.61 Å². The van der Waals surface area contributed by atoms with Gasteiger partial charge >= 0.3 is 12.1 Å². The van der Waals surface area contributed by atoms with Crippen molar-refractivity contribution < 1.29 is 24.2 Å². The predicted octanol–water partition coefficient (Wildman–Crippen LogP) is 3.53. The molecule has 0 saturated heterocycles. The van der Waals surface area contributed by atoms with Crippen molar-refractivity contribution in [3.8, 4) is 11.1 Å². The van der Waals surface area contributed by atoms with Gasteiger partial charge in [-0.25, -0.2) is 9.59 Å². The summed E-state index contributed by atoms with van der Waals surface area (Å²) in [7, 11) is 0. The molecule has 7 nitrogen and oxygen atoms in total. The zero-order chi connectivity index (χ0) is 22.8. The molecule has 3 N–H and O–H groups in total. The number of hydrogen-bond acceptors (Lipinski definition) is 4. The fourth-order valence-electron chi connectivity index (χ4n) is 3.78. The molecule has 2 aromatic rings. The van der Waals surface area contributed by atoms with Crippen LogP contribution < -0.4 is 10.6 Å². The van der Waals surface area contributed by atoms with E-state index in [0.717, 1.165) is 22.3 Å². The standard InChI is InChI=1S/C24H28N2O5/c1-14(2)20(21(27)28)25-22(29)24(3,4)26-23(30)31-13-19-17-11-7-5-9-15(17)16-10-6-8-12-18(16)19/h5-12,14,19-20H,13H2,1-4H3,(H,25,29)(H,26,30)(H,27,28)/t20-/m1/s1. The summed E-state index contributed by atoms with van der Waals surface area (Å²) in [4.78, 5) is 36.4. The fourth-order valence-corrected chi connectivity index (χ4v) is 3.78. The van der Waals surface area contributed by atoms with Gasteiger partial charge in [-0.2, -0.15) is 0 Å². The van der Waals surface area contributed by atoms with E-state index in [4.69, 9.17) is 4.74 Å². The maximum Gasteiger partial charge on any atom is 0.408 e. The maximum absolute atomic E-state index is 12.6. The lowest BCUT2D eigenvalue weighted by Gasteiger charge is -2.28. The lowest BCUT2D eigenvalue weighted by Crippen LogP contribution is -2.58. The van der Waals surface area contributed by atoms with E-state index in [2.05, 4.69) is 22.8 Å². The van der Waals surface area contributed by atoms with Crippen molar-refractivity contribution >= 4 is 18.0 Å². The van der Waals surface area contributed by atoms with Gasteiger partial charge in [-0.15, -0.1) is 0 Å². The van der Waals surface area contributed by atoms with Crippen LogP contribution in [0.5, 0.6) is 0 Å². The van der Waals surface area contributed by atoms with E-state index in [-0.39, 0.29) is 18.4 Å². The van der Waals surface area contributed by atoms with Gasteiger partial charge in [0.1, 0.15) is 18.2 Å². The number of carboxylic acids is 1. The SMILES string of the molecule is CC(C)[C@@H](NC(=O)C(C)(C)NC(=O)OCC1c2ccccc2-c2ccccc21)C(=O)O. The average molecular weight is 424 g/mol. The zero-order valence-electron chi connectivity index (χ0n) is 18.1. The highest BCUT2D eigenvalue weighted by Crippen LogP contribution is 2.44. The van der Waals surface area contributed by atoms with E-state index in [1.54, 1.807) is 13.8 Å². The smallest absolute Gasteiger partial charge is 0.408 e. The second-order valence-corrected chi connectivity index (χ2v) is 8.61. The summed E-state index contributed by atoms with van der Waals surface area (Å²) in [6.07, 6.45) is -0.738. The van der Waals surface area contributed by atoms with E-state index in [1.807, 2.05) is 36.4 Å². The largest absolute Gasteiger partial charge is 0.480 e. The molecule has 0 heterocycles. The van der Waals surface area contributed by atoms with E-state index >= 15 is 0 Å². The molecular formula is C24H28N2O5. The molecule has 0 bridgehead atoms. The molecule has 0 radical (unpaired) electrons. The van der Waals surface area contributed by atoms with Gasteiger partial charge in [0.2, 0.25) is 5.91 Å². The minimum atomic E-state index is -1.34. The van der Waals surface area contributed by atoms with Crippen molar-refractivity contribution in [2.45, 2.75) is 45.2 Å². The molecule has 1 aliphatic carbocycles. The Labute approximate surface area is 181 Å². The average Bonchev–Trinajstić information content (AvgIpc) is 3.03. The highest BCUT2D eigenvalue weighted by atomic mass is 16.5. The molecule has 0 fully saturated rings. The molecule has 2 amide bonds. The number of carbonyl (C=O) groups is 3. The van der Waals surface area contributed by atoms with Gasteiger partial charge in [-0.3, -0.25) is 4.79 Å². The molecule has 0 spiro atoms. The number of nitrogens with one attached hydrogen (secondary N) is 2. The third kappa shape index (κ3) is 4.71. The maximum atomic E-state index is 12.6. The molecule has 7 heteroatoms. The van der Waals surface area contributed by atoms with E-state index in [1.165, 1.54) is 13.8 Å². The molecule has 0 unspecified atom stereocenters. The van der Waals surface area contributed by atoms with Crippen LogP contribution in [0.1, 0.15) is 44.7 Å². The van der Waals surface area contributed by atoms with Crippen molar-refractivity contribution in [3.05, 3.63) is 59.7 Å². The Hall–Kier alpha value is -3.35. The Kier molecular flexibility index (Phi) is 6.34. The summed E-state index contributed by atoms with van der Waals surface area (Å²) in [5.41, 5.74) is 3.09. The molecule has 0 aromatic heterocycles. The minimum Gasteiger partial charge on any atom is -0.480 e.